The summed E-state index contributed by atoms with van der Waals surface area (Å²) < 4.78 is 25.8. The Morgan fingerprint density at radius 3 is 2.52 bits per heavy atom. The van der Waals surface area contributed by atoms with Crippen LogP contribution in [0, 0.1) is 5.82 Å². The topological polar surface area (TPSA) is 41.7 Å². The van der Waals surface area contributed by atoms with Gasteiger partial charge in [0.1, 0.15) is 11.6 Å². The zero-order valence-electron chi connectivity index (χ0n) is 17.4. The zero-order chi connectivity index (χ0) is 21.2. The average Bonchev–Trinajstić information content (AvgIpc) is 3.27. The molecule has 3 heterocycles. The molecule has 0 radical (unpaired) electrons. The highest BCUT2D eigenvalue weighted by molar-refractivity contribution is 5.90. The van der Waals surface area contributed by atoms with Gasteiger partial charge in [0.15, 0.2) is 11.3 Å². The zero-order valence-corrected chi connectivity index (χ0v) is 17.4. The Kier molecular flexibility index (Phi) is 5.30. The van der Waals surface area contributed by atoms with Crippen molar-refractivity contribution in [2.24, 2.45) is 0 Å². The number of pyridine rings is 1. The van der Waals surface area contributed by atoms with E-state index in [9.17, 15) is 4.39 Å². The minimum Gasteiger partial charge on any atom is -0.493 e. The summed E-state index contributed by atoms with van der Waals surface area (Å²) >= 11 is 0. The van der Waals surface area contributed by atoms with Gasteiger partial charge in [-0.05, 0) is 42.0 Å². The summed E-state index contributed by atoms with van der Waals surface area (Å²) in [5.41, 5.74) is 3.62. The van der Waals surface area contributed by atoms with Gasteiger partial charge in [0, 0.05) is 56.1 Å². The lowest BCUT2D eigenvalue weighted by molar-refractivity contribution is 0.250. The third kappa shape index (κ3) is 3.86. The van der Waals surface area contributed by atoms with E-state index in [4.69, 9.17) is 9.15 Å². The Labute approximate surface area is 180 Å². The van der Waals surface area contributed by atoms with E-state index in [1.54, 1.807) is 25.6 Å². The average molecular weight is 417 g/mol. The second-order valence-corrected chi connectivity index (χ2v) is 7.73. The monoisotopic (exact) mass is 417 g/mol. The highest BCUT2D eigenvalue weighted by Crippen LogP contribution is 2.36. The minimum absolute atomic E-state index is 0.158. The lowest BCUT2D eigenvalue weighted by Crippen LogP contribution is -2.46. The fraction of sp³-hybridized carbons (Fsp3) is 0.240. The quantitative estimate of drug-likeness (QED) is 0.459. The van der Waals surface area contributed by atoms with E-state index in [1.165, 1.54) is 11.6 Å². The molecule has 2 aromatic carbocycles. The first-order valence-corrected chi connectivity index (χ1v) is 10.4. The van der Waals surface area contributed by atoms with Gasteiger partial charge in [-0.3, -0.25) is 9.88 Å². The van der Waals surface area contributed by atoms with Crippen molar-refractivity contribution in [2.45, 2.75) is 6.54 Å². The fourth-order valence-electron chi connectivity index (χ4n) is 4.21. The number of halogens is 1. The van der Waals surface area contributed by atoms with Crippen LogP contribution < -0.4 is 9.64 Å². The highest BCUT2D eigenvalue weighted by atomic mass is 19.1. The van der Waals surface area contributed by atoms with Crippen LogP contribution in [0.15, 0.2) is 71.4 Å². The van der Waals surface area contributed by atoms with Gasteiger partial charge in [-0.1, -0.05) is 18.2 Å². The van der Waals surface area contributed by atoms with Gasteiger partial charge in [-0.2, -0.15) is 0 Å². The van der Waals surface area contributed by atoms with Crippen LogP contribution in [0.1, 0.15) is 5.56 Å². The summed E-state index contributed by atoms with van der Waals surface area (Å²) in [5, 5.41) is 1.06. The van der Waals surface area contributed by atoms with E-state index in [0.29, 0.717) is 5.69 Å². The molecule has 1 aliphatic rings. The van der Waals surface area contributed by atoms with Crippen molar-refractivity contribution in [1.29, 1.82) is 0 Å². The molecule has 6 heteroatoms. The number of ether oxygens (including phenoxy) is 1. The molecular formula is C25H24FN3O2. The molecule has 1 saturated heterocycles. The molecule has 0 bridgehead atoms. The molecule has 0 saturated carbocycles. The molecule has 5 rings (SSSR count). The van der Waals surface area contributed by atoms with Crippen LogP contribution in [0.2, 0.25) is 0 Å². The maximum Gasteiger partial charge on any atom is 0.176 e. The number of hydrogen-bond acceptors (Lipinski definition) is 5. The number of piperazine rings is 1. The second kappa shape index (κ2) is 8.40. The van der Waals surface area contributed by atoms with Crippen LogP contribution in [-0.2, 0) is 6.54 Å². The van der Waals surface area contributed by atoms with Crippen LogP contribution in [0.5, 0.6) is 5.75 Å². The van der Waals surface area contributed by atoms with E-state index >= 15 is 0 Å². The number of aromatic nitrogens is 1. The molecule has 5 nitrogen and oxygen atoms in total. The summed E-state index contributed by atoms with van der Waals surface area (Å²) in [4.78, 5) is 8.61. The Morgan fingerprint density at radius 1 is 1.00 bits per heavy atom. The van der Waals surface area contributed by atoms with Gasteiger partial charge < -0.3 is 14.1 Å². The summed E-state index contributed by atoms with van der Waals surface area (Å²) in [5.74, 6) is 1.37. The summed E-state index contributed by atoms with van der Waals surface area (Å²) in [6.07, 6.45) is 3.52. The van der Waals surface area contributed by atoms with Crippen molar-refractivity contribution in [3.63, 3.8) is 0 Å². The number of rotatable bonds is 5. The van der Waals surface area contributed by atoms with E-state index in [1.807, 2.05) is 30.3 Å². The number of furan rings is 1. The van der Waals surface area contributed by atoms with E-state index in [2.05, 4.69) is 26.9 Å². The first-order valence-electron chi connectivity index (χ1n) is 10.4. The van der Waals surface area contributed by atoms with Crippen molar-refractivity contribution in [2.75, 3.05) is 38.2 Å². The van der Waals surface area contributed by atoms with Crippen LogP contribution in [0.4, 0.5) is 10.1 Å². The second-order valence-electron chi connectivity index (χ2n) is 7.73. The third-order valence-electron chi connectivity index (χ3n) is 5.88. The molecule has 2 aromatic heterocycles. The smallest absolute Gasteiger partial charge is 0.176 e. The summed E-state index contributed by atoms with van der Waals surface area (Å²) in [6, 6.07) is 17.0. The molecule has 4 aromatic rings. The molecule has 0 N–H and O–H groups in total. The Bertz CT molecular complexity index is 1180. The van der Waals surface area contributed by atoms with Gasteiger partial charge in [0.25, 0.3) is 0 Å². The van der Waals surface area contributed by atoms with E-state index in [-0.39, 0.29) is 5.82 Å². The van der Waals surface area contributed by atoms with Crippen molar-refractivity contribution in [3.8, 4) is 17.1 Å². The van der Waals surface area contributed by atoms with Crippen LogP contribution >= 0.6 is 0 Å². The minimum atomic E-state index is -0.158. The predicted molar refractivity (Wildman–Crippen MR) is 120 cm³/mol. The molecular weight excluding hydrogens is 393 g/mol. The Balaban J connectivity index is 1.37. The van der Waals surface area contributed by atoms with Crippen molar-refractivity contribution in [1.82, 2.24) is 9.88 Å². The number of hydrogen-bond donors (Lipinski definition) is 0. The van der Waals surface area contributed by atoms with Gasteiger partial charge in [-0.25, -0.2) is 4.39 Å². The van der Waals surface area contributed by atoms with Crippen LogP contribution in [-0.4, -0.2) is 43.2 Å². The molecule has 0 unspecified atom stereocenters. The van der Waals surface area contributed by atoms with Crippen molar-refractivity contribution < 1.29 is 13.5 Å². The fourth-order valence-corrected chi connectivity index (χ4v) is 4.21. The van der Waals surface area contributed by atoms with Crippen LogP contribution in [0.25, 0.3) is 22.3 Å². The number of fused-ring (bicyclic) bond motifs is 1. The maximum atomic E-state index is 14.1. The molecule has 31 heavy (non-hydrogen) atoms. The molecule has 0 atom stereocenters. The number of methoxy groups -OCH3 is 1. The first-order chi connectivity index (χ1) is 15.2. The van der Waals surface area contributed by atoms with Crippen LogP contribution in [0.3, 0.4) is 0 Å². The molecule has 1 aliphatic heterocycles. The number of benzene rings is 2. The lowest BCUT2D eigenvalue weighted by Gasteiger charge is -2.36. The largest absolute Gasteiger partial charge is 0.493 e. The Morgan fingerprint density at radius 2 is 1.77 bits per heavy atom. The molecule has 158 valence electrons. The SMILES string of the molecule is COc1ccc(CN2CCN(c3ccccc3F)CC2)c2cc(-c3ccncc3)oc12. The van der Waals surface area contributed by atoms with E-state index < -0.39 is 0 Å². The Hall–Kier alpha value is -3.38. The molecule has 0 aliphatic carbocycles. The lowest BCUT2D eigenvalue weighted by atomic mass is 10.1. The normalized spacial score (nSPS) is 14.8. The summed E-state index contributed by atoms with van der Waals surface area (Å²) in [6.45, 7) is 4.15. The first kappa shape index (κ1) is 19.6. The van der Waals surface area contributed by atoms with E-state index in [0.717, 1.165) is 60.8 Å². The van der Waals surface area contributed by atoms with Crippen molar-refractivity contribution in [3.05, 3.63) is 78.4 Å². The summed E-state index contributed by atoms with van der Waals surface area (Å²) in [7, 11) is 1.66. The van der Waals surface area contributed by atoms with Gasteiger partial charge in [-0.15, -0.1) is 0 Å². The van der Waals surface area contributed by atoms with Gasteiger partial charge in [0.2, 0.25) is 0 Å². The standard InChI is InChI=1S/C25H24FN3O2/c1-30-23-7-6-19(20-16-24(31-25(20)23)18-8-10-27-11-9-18)17-28-12-14-29(15-13-28)22-5-3-2-4-21(22)26/h2-11,16H,12-15,17H2,1H3. The number of para-hydroxylation sites is 1. The predicted octanol–water partition coefficient (Wildman–Crippen LogP) is 4.96. The van der Waals surface area contributed by atoms with Gasteiger partial charge in [0.05, 0.1) is 12.8 Å². The third-order valence-corrected chi connectivity index (χ3v) is 5.88. The molecule has 1 fully saturated rings. The maximum absolute atomic E-state index is 14.1. The number of anilines is 1. The molecule has 0 amide bonds. The highest BCUT2D eigenvalue weighted by Gasteiger charge is 2.21. The van der Waals surface area contributed by atoms with Crippen molar-refractivity contribution >= 4 is 16.7 Å². The molecule has 0 spiro atoms. The number of nitrogens with zero attached hydrogens (tertiary/aromatic N) is 3. The van der Waals surface area contributed by atoms with Gasteiger partial charge >= 0.3 is 0 Å².